The lowest BCUT2D eigenvalue weighted by atomic mass is 10.1. The molecule has 7 heteroatoms. The average Bonchev–Trinajstić information content (AvgIpc) is 2.34. The molecule has 0 aliphatic heterocycles. The molecule has 0 saturated carbocycles. The van der Waals surface area contributed by atoms with E-state index in [-0.39, 0.29) is 23.9 Å². The summed E-state index contributed by atoms with van der Waals surface area (Å²) in [5.74, 6) is -0.345. The van der Waals surface area contributed by atoms with E-state index in [4.69, 9.17) is 18.0 Å². The molecular weight excluding hydrogens is 286 g/mol. The maximum atomic E-state index is 11.8. The number of halogens is 2. The van der Waals surface area contributed by atoms with Crippen molar-refractivity contribution < 1.29 is 18.3 Å². The Balaban J connectivity index is 2.58. The summed E-state index contributed by atoms with van der Waals surface area (Å²) in [5.41, 5.74) is 7.58. The van der Waals surface area contributed by atoms with Gasteiger partial charge in [-0.1, -0.05) is 24.4 Å². The summed E-state index contributed by atoms with van der Waals surface area (Å²) in [5, 5.41) is 2.65. The molecule has 20 heavy (non-hydrogen) atoms. The van der Waals surface area contributed by atoms with E-state index in [1.54, 1.807) is 12.1 Å². The van der Waals surface area contributed by atoms with Crippen LogP contribution >= 0.6 is 12.2 Å². The lowest BCUT2D eigenvalue weighted by Gasteiger charge is -2.12. The van der Waals surface area contributed by atoms with E-state index >= 15 is 0 Å². The predicted octanol–water partition coefficient (Wildman–Crippen LogP) is 2.24. The molecule has 0 unspecified atom stereocenters. The molecule has 110 valence electrons. The van der Waals surface area contributed by atoms with Crippen LogP contribution in [0.1, 0.15) is 17.5 Å². The van der Waals surface area contributed by atoms with Crippen LogP contribution in [0.4, 0.5) is 14.5 Å². The number of nitrogens with one attached hydrogen (secondary N) is 1. The van der Waals surface area contributed by atoms with Crippen LogP contribution in [0.25, 0.3) is 0 Å². The van der Waals surface area contributed by atoms with Crippen LogP contribution in [0, 0.1) is 6.92 Å². The molecule has 0 aliphatic rings. The molecule has 0 atom stereocenters. The highest BCUT2D eigenvalue weighted by Crippen LogP contribution is 2.19. The Morgan fingerprint density at radius 1 is 1.50 bits per heavy atom. The standard InChI is InChI=1S/C13H16F2N2O2S/c1-8-3-2-4-9(12(8)13(16)20)17-11(18)5-6-19-7-10(14)15/h2-4,10H,5-7H2,1H3,(H2,16,20)(H,17,18). The number of alkyl halides is 2. The van der Waals surface area contributed by atoms with E-state index < -0.39 is 13.0 Å². The average molecular weight is 302 g/mol. The molecule has 3 N–H and O–H groups in total. The number of thiocarbonyl (C=S) groups is 1. The molecule has 1 rings (SSSR count). The number of carbonyl (C=O) groups is 1. The summed E-state index contributed by atoms with van der Waals surface area (Å²) in [6.45, 7) is 1.09. The van der Waals surface area contributed by atoms with E-state index in [0.29, 0.717) is 11.3 Å². The molecule has 0 saturated heterocycles. The quantitative estimate of drug-likeness (QED) is 0.599. The lowest BCUT2D eigenvalue weighted by Crippen LogP contribution is -2.20. The Labute approximate surface area is 121 Å². The molecule has 1 aromatic carbocycles. The Morgan fingerprint density at radius 3 is 2.80 bits per heavy atom. The van der Waals surface area contributed by atoms with Crippen LogP contribution in [0.2, 0.25) is 0 Å². The van der Waals surface area contributed by atoms with Gasteiger partial charge in [0.1, 0.15) is 11.6 Å². The van der Waals surface area contributed by atoms with Gasteiger partial charge < -0.3 is 15.8 Å². The van der Waals surface area contributed by atoms with Gasteiger partial charge in [-0.25, -0.2) is 8.78 Å². The monoisotopic (exact) mass is 302 g/mol. The highest BCUT2D eigenvalue weighted by molar-refractivity contribution is 7.80. The number of amides is 1. The Morgan fingerprint density at radius 2 is 2.20 bits per heavy atom. The number of nitrogens with two attached hydrogens (primary N) is 1. The molecule has 0 bridgehead atoms. The highest BCUT2D eigenvalue weighted by Gasteiger charge is 2.11. The van der Waals surface area contributed by atoms with Crippen molar-refractivity contribution in [2.24, 2.45) is 5.73 Å². The van der Waals surface area contributed by atoms with Gasteiger partial charge in [0.2, 0.25) is 5.91 Å². The summed E-state index contributed by atoms with van der Waals surface area (Å²) in [6, 6.07) is 5.27. The zero-order valence-corrected chi connectivity index (χ0v) is 11.8. The number of benzene rings is 1. The van der Waals surface area contributed by atoms with E-state index in [1.807, 2.05) is 13.0 Å². The molecule has 0 heterocycles. The van der Waals surface area contributed by atoms with Crippen LogP contribution in [-0.2, 0) is 9.53 Å². The van der Waals surface area contributed by atoms with Gasteiger partial charge in [0, 0.05) is 5.56 Å². The molecule has 0 aliphatic carbocycles. The predicted molar refractivity (Wildman–Crippen MR) is 77.1 cm³/mol. The molecular formula is C13H16F2N2O2S. The molecule has 0 spiro atoms. The van der Waals surface area contributed by atoms with Crippen LogP contribution < -0.4 is 11.1 Å². The first-order valence-electron chi connectivity index (χ1n) is 5.97. The van der Waals surface area contributed by atoms with Crippen LogP contribution in [0.3, 0.4) is 0 Å². The van der Waals surface area contributed by atoms with Crippen molar-refractivity contribution in [3.63, 3.8) is 0 Å². The van der Waals surface area contributed by atoms with Gasteiger partial charge in [-0.15, -0.1) is 0 Å². The number of aryl methyl sites for hydroxylation is 1. The number of hydrogen-bond acceptors (Lipinski definition) is 3. The maximum absolute atomic E-state index is 11.8. The fourth-order valence-electron chi connectivity index (χ4n) is 1.65. The fraction of sp³-hybridized carbons (Fsp3) is 0.385. The third-order valence-corrected chi connectivity index (χ3v) is 2.71. The first-order chi connectivity index (χ1) is 9.41. The minimum Gasteiger partial charge on any atom is -0.389 e. The second-order valence-corrected chi connectivity index (χ2v) is 4.57. The lowest BCUT2D eigenvalue weighted by molar-refractivity contribution is -0.117. The largest absolute Gasteiger partial charge is 0.389 e. The number of rotatable bonds is 7. The normalized spacial score (nSPS) is 10.6. The third kappa shape index (κ3) is 5.18. The molecule has 0 fully saturated rings. The van der Waals surface area contributed by atoms with Crippen LogP contribution in [0.15, 0.2) is 18.2 Å². The van der Waals surface area contributed by atoms with Gasteiger partial charge in [-0.3, -0.25) is 4.79 Å². The van der Waals surface area contributed by atoms with Gasteiger partial charge in [0.05, 0.1) is 18.7 Å². The van der Waals surface area contributed by atoms with Gasteiger partial charge in [-0.2, -0.15) is 0 Å². The van der Waals surface area contributed by atoms with E-state index in [1.165, 1.54) is 0 Å². The SMILES string of the molecule is Cc1cccc(NC(=O)CCOCC(F)F)c1C(N)=S. The molecule has 1 aromatic rings. The van der Waals surface area contributed by atoms with Crippen molar-refractivity contribution in [1.82, 2.24) is 0 Å². The Kier molecular flexibility index (Phi) is 6.47. The Bertz CT molecular complexity index is 495. The van der Waals surface area contributed by atoms with Crippen molar-refractivity contribution in [3.8, 4) is 0 Å². The number of ether oxygens (including phenoxy) is 1. The van der Waals surface area contributed by atoms with Crippen molar-refractivity contribution in [3.05, 3.63) is 29.3 Å². The van der Waals surface area contributed by atoms with E-state index in [2.05, 4.69) is 10.1 Å². The highest BCUT2D eigenvalue weighted by atomic mass is 32.1. The van der Waals surface area contributed by atoms with Crippen LogP contribution in [-0.4, -0.2) is 30.5 Å². The number of carbonyl (C=O) groups excluding carboxylic acids is 1. The van der Waals surface area contributed by atoms with Gasteiger partial charge >= 0.3 is 0 Å². The summed E-state index contributed by atoms with van der Waals surface area (Å²) < 4.78 is 28.3. The zero-order valence-electron chi connectivity index (χ0n) is 11.0. The van der Waals surface area contributed by atoms with E-state index in [9.17, 15) is 13.6 Å². The number of anilines is 1. The minimum absolute atomic E-state index is 0.0164. The summed E-state index contributed by atoms with van der Waals surface area (Å²) in [7, 11) is 0. The first-order valence-corrected chi connectivity index (χ1v) is 6.37. The van der Waals surface area contributed by atoms with Gasteiger partial charge in [0.15, 0.2) is 0 Å². The minimum atomic E-state index is -2.53. The second-order valence-electron chi connectivity index (χ2n) is 4.13. The third-order valence-electron chi connectivity index (χ3n) is 2.51. The van der Waals surface area contributed by atoms with Crippen molar-refractivity contribution in [2.45, 2.75) is 19.8 Å². The van der Waals surface area contributed by atoms with E-state index in [0.717, 1.165) is 5.56 Å². The molecule has 0 radical (unpaired) electrons. The molecule has 0 aromatic heterocycles. The Hall–Kier alpha value is -1.60. The van der Waals surface area contributed by atoms with Crippen molar-refractivity contribution in [1.29, 1.82) is 0 Å². The molecule has 1 amide bonds. The van der Waals surface area contributed by atoms with Crippen molar-refractivity contribution >= 4 is 28.8 Å². The number of hydrogen-bond donors (Lipinski definition) is 2. The van der Waals surface area contributed by atoms with Crippen LogP contribution in [0.5, 0.6) is 0 Å². The smallest absolute Gasteiger partial charge is 0.261 e. The summed E-state index contributed by atoms with van der Waals surface area (Å²) in [4.78, 5) is 11.9. The zero-order chi connectivity index (χ0) is 15.1. The molecule has 4 nitrogen and oxygen atoms in total. The fourth-order valence-corrected chi connectivity index (χ4v) is 1.92. The topological polar surface area (TPSA) is 64.3 Å². The van der Waals surface area contributed by atoms with Gasteiger partial charge in [0.25, 0.3) is 6.43 Å². The first kappa shape index (κ1) is 16.5. The second kappa shape index (κ2) is 7.86. The summed E-state index contributed by atoms with van der Waals surface area (Å²) >= 11 is 4.94. The van der Waals surface area contributed by atoms with Gasteiger partial charge in [-0.05, 0) is 18.6 Å². The summed E-state index contributed by atoms with van der Waals surface area (Å²) in [6.07, 6.45) is -2.55. The van der Waals surface area contributed by atoms with Crippen molar-refractivity contribution in [2.75, 3.05) is 18.5 Å². The maximum Gasteiger partial charge on any atom is 0.261 e.